The highest BCUT2D eigenvalue weighted by Crippen LogP contribution is 2.21. The van der Waals surface area contributed by atoms with E-state index in [9.17, 15) is 4.79 Å². The van der Waals surface area contributed by atoms with Gasteiger partial charge >= 0.3 is 0 Å². The Labute approximate surface area is 117 Å². The molecule has 0 aromatic rings. The number of hydrogen-bond acceptors (Lipinski definition) is 4. The molecule has 0 saturated carbocycles. The molecule has 1 heterocycles. The summed E-state index contributed by atoms with van der Waals surface area (Å²) in [4.78, 5) is 16.7. The summed E-state index contributed by atoms with van der Waals surface area (Å²) in [7, 11) is 1.61. The summed E-state index contributed by atoms with van der Waals surface area (Å²) in [6.45, 7) is 12.0. The van der Waals surface area contributed by atoms with E-state index in [2.05, 4.69) is 18.7 Å². The highest BCUT2D eigenvalue weighted by Gasteiger charge is 2.37. The fourth-order valence-electron chi connectivity index (χ4n) is 2.36. The minimum absolute atomic E-state index is 0.00442. The zero-order valence-electron chi connectivity index (χ0n) is 13.0. The molecule has 1 unspecified atom stereocenters. The van der Waals surface area contributed by atoms with Gasteiger partial charge in [0, 0.05) is 45.4 Å². The Morgan fingerprint density at radius 3 is 2.11 bits per heavy atom. The molecule has 19 heavy (non-hydrogen) atoms. The number of carbonyl (C=O) groups excluding carboxylic acids is 1. The predicted octanol–water partition coefficient (Wildman–Crippen LogP) is 0.683. The van der Waals surface area contributed by atoms with Crippen LogP contribution in [0.3, 0.4) is 0 Å². The second-order valence-corrected chi connectivity index (χ2v) is 6.08. The number of rotatable bonds is 5. The standard InChI is InChI=1S/C14H29N3O2/c1-6-14(4,19-5)12(18)16-7-9-17(10-8-16)13(2,3)11-15/h6-11,15H2,1-5H3. The van der Waals surface area contributed by atoms with Gasteiger partial charge in [0.2, 0.25) is 0 Å². The minimum Gasteiger partial charge on any atom is -0.369 e. The van der Waals surface area contributed by atoms with E-state index in [1.54, 1.807) is 7.11 Å². The van der Waals surface area contributed by atoms with E-state index in [0.29, 0.717) is 13.0 Å². The van der Waals surface area contributed by atoms with Crippen LogP contribution in [0.4, 0.5) is 0 Å². The van der Waals surface area contributed by atoms with Gasteiger partial charge in [0.05, 0.1) is 0 Å². The van der Waals surface area contributed by atoms with Crippen LogP contribution in [0.1, 0.15) is 34.1 Å². The van der Waals surface area contributed by atoms with E-state index in [4.69, 9.17) is 10.5 Å². The van der Waals surface area contributed by atoms with E-state index in [1.807, 2.05) is 18.7 Å². The van der Waals surface area contributed by atoms with Gasteiger partial charge in [-0.2, -0.15) is 0 Å². The third kappa shape index (κ3) is 3.46. The van der Waals surface area contributed by atoms with Gasteiger partial charge in [-0.05, 0) is 27.2 Å². The Kier molecular flexibility index (Phi) is 5.35. The Balaban J connectivity index is 2.62. The maximum atomic E-state index is 12.5. The van der Waals surface area contributed by atoms with Crippen molar-refractivity contribution < 1.29 is 9.53 Å². The molecule has 0 spiro atoms. The average Bonchev–Trinajstić information content (AvgIpc) is 2.45. The van der Waals surface area contributed by atoms with Crippen molar-refractivity contribution in [2.45, 2.75) is 45.3 Å². The highest BCUT2D eigenvalue weighted by atomic mass is 16.5. The quantitative estimate of drug-likeness (QED) is 0.799. The summed E-state index contributed by atoms with van der Waals surface area (Å²) in [6.07, 6.45) is 0.691. The van der Waals surface area contributed by atoms with E-state index in [0.717, 1.165) is 26.2 Å². The third-order valence-electron chi connectivity index (χ3n) is 4.50. The number of methoxy groups -OCH3 is 1. The maximum Gasteiger partial charge on any atom is 0.254 e. The molecule has 1 rings (SSSR count). The van der Waals surface area contributed by atoms with Gasteiger partial charge < -0.3 is 15.4 Å². The van der Waals surface area contributed by atoms with Crippen LogP contribution < -0.4 is 5.73 Å². The molecule has 1 aliphatic rings. The first-order valence-electron chi connectivity index (χ1n) is 7.10. The molecule has 0 radical (unpaired) electrons. The summed E-state index contributed by atoms with van der Waals surface area (Å²) in [5.74, 6) is 0.0997. The molecule has 5 heteroatoms. The Morgan fingerprint density at radius 2 is 1.74 bits per heavy atom. The van der Waals surface area contributed by atoms with Crippen LogP contribution in [0.25, 0.3) is 0 Å². The van der Waals surface area contributed by atoms with E-state index >= 15 is 0 Å². The van der Waals surface area contributed by atoms with Crippen molar-refractivity contribution >= 4 is 5.91 Å². The fourth-order valence-corrected chi connectivity index (χ4v) is 2.36. The lowest BCUT2D eigenvalue weighted by molar-refractivity contribution is -0.155. The van der Waals surface area contributed by atoms with Crippen molar-refractivity contribution in [3.05, 3.63) is 0 Å². The van der Waals surface area contributed by atoms with Gasteiger partial charge in [0.1, 0.15) is 5.60 Å². The average molecular weight is 271 g/mol. The fraction of sp³-hybridized carbons (Fsp3) is 0.929. The molecule has 0 bridgehead atoms. The normalized spacial score (nSPS) is 21.3. The summed E-state index contributed by atoms with van der Waals surface area (Å²) < 4.78 is 5.39. The number of nitrogens with two attached hydrogens (primary N) is 1. The van der Waals surface area contributed by atoms with Crippen LogP contribution in [-0.2, 0) is 9.53 Å². The number of nitrogens with zero attached hydrogens (tertiary/aromatic N) is 2. The highest BCUT2D eigenvalue weighted by molar-refractivity contribution is 5.84. The number of piperazine rings is 1. The van der Waals surface area contributed by atoms with Crippen molar-refractivity contribution in [3.63, 3.8) is 0 Å². The molecule has 112 valence electrons. The lowest BCUT2D eigenvalue weighted by Gasteiger charge is -2.45. The molecule has 1 aliphatic heterocycles. The largest absolute Gasteiger partial charge is 0.369 e. The van der Waals surface area contributed by atoms with Crippen LogP contribution in [-0.4, -0.2) is 66.7 Å². The van der Waals surface area contributed by atoms with E-state index < -0.39 is 5.60 Å². The van der Waals surface area contributed by atoms with E-state index in [-0.39, 0.29) is 11.4 Å². The summed E-state index contributed by atoms with van der Waals surface area (Å²) in [5, 5.41) is 0. The predicted molar refractivity (Wildman–Crippen MR) is 77.0 cm³/mol. The van der Waals surface area contributed by atoms with Crippen LogP contribution in [0.15, 0.2) is 0 Å². The summed E-state index contributed by atoms with van der Waals surface area (Å²) in [5.41, 5.74) is 5.12. The molecule has 0 aliphatic carbocycles. The molecule has 0 aromatic heterocycles. The molecule has 1 atom stereocenters. The van der Waals surface area contributed by atoms with Crippen LogP contribution in [0, 0.1) is 0 Å². The van der Waals surface area contributed by atoms with Gasteiger partial charge in [-0.15, -0.1) is 0 Å². The Hall–Kier alpha value is -0.650. The summed E-state index contributed by atoms with van der Waals surface area (Å²) in [6, 6.07) is 0. The van der Waals surface area contributed by atoms with Crippen molar-refractivity contribution in [1.82, 2.24) is 9.80 Å². The smallest absolute Gasteiger partial charge is 0.254 e. The van der Waals surface area contributed by atoms with Crippen LogP contribution in [0.5, 0.6) is 0 Å². The van der Waals surface area contributed by atoms with Crippen molar-refractivity contribution in [2.24, 2.45) is 5.73 Å². The molecule has 5 nitrogen and oxygen atoms in total. The first kappa shape index (κ1) is 16.4. The topological polar surface area (TPSA) is 58.8 Å². The van der Waals surface area contributed by atoms with Gasteiger partial charge in [0.25, 0.3) is 5.91 Å². The van der Waals surface area contributed by atoms with Crippen molar-refractivity contribution in [1.29, 1.82) is 0 Å². The number of amides is 1. The number of hydrogen-bond donors (Lipinski definition) is 1. The first-order chi connectivity index (χ1) is 8.80. The Bertz CT molecular complexity index is 306. The SMILES string of the molecule is CCC(C)(OC)C(=O)N1CCN(C(C)(C)CN)CC1. The van der Waals surface area contributed by atoms with Crippen LogP contribution >= 0.6 is 0 Å². The minimum atomic E-state index is -0.689. The third-order valence-corrected chi connectivity index (χ3v) is 4.50. The lowest BCUT2D eigenvalue weighted by Crippen LogP contribution is -2.60. The Morgan fingerprint density at radius 1 is 1.21 bits per heavy atom. The molecule has 1 saturated heterocycles. The van der Waals surface area contributed by atoms with Gasteiger partial charge in [-0.3, -0.25) is 9.69 Å². The van der Waals surface area contributed by atoms with Gasteiger partial charge in [-0.25, -0.2) is 0 Å². The van der Waals surface area contributed by atoms with Crippen molar-refractivity contribution in [2.75, 3.05) is 39.8 Å². The molecular formula is C14H29N3O2. The molecular weight excluding hydrogens is 242 g/mol. The number of carbonyl (C=O) groups is 1. The number of ether oxygens (including phenoxy) is 1. The van der Waals surface area contributed by atoms with Gasteiger partial charge in [0.15, 0.2) is 0 Å². The first-order valence-corrected chi connectivity index (χ1v) is 7.10. The molecule has 0 aromatic carbocycles. The van der Waals surface area contributed by atoms with Crippen LogP contribution in [0.2, 0.25) is 0 Å². The second kappa shape index (κ2) is 6.20. The zero-order valence-corrected chi connectivity index (χ0v) is 13.0. The maximum absolute atomic E-state index is 12.5. The lowest BCUT2D eigenvalue weighted by atomic mass is 9.99. The second-order valence-electron chi connectivity index (χ2n) is 6.08. The molecule has 1 fully saturated rings. The van der Waals surface area contributed by atoms with Crippen molar-refractivity contribution in [3.8, 4) is 0 Å². The molecule has 2 N–H and O–H groups in total. The zero-order chi connectivity index (χ0) is 14.7. The monoisotopic (exact) mass is 271 g/mol. The summed E-state index contributed by atoms with van der Waals surface area (Å²) >= 11 is 0. The van der Waals surface area contributed by atoms with Gasteiger partial charge in [-0.1, -0.05) is 6.92 Å². The molecule has 1 amide bonds. The van der Waals surface area contributed by atoms with E-state index in [1.165, 1.54) is 0 Å².